The zero-order valence-corrected chi connectivity index (χ0v) is 7.43. The van der Waals surface area contributed by atoms with E-state index in [9.17, 15) is 5.11 Å². The summed E-state index contributed by atoms with van der Waals surface area (Å²) in [4.78, 5) is 3.28. The van der Waals surface area contributed by atoms with Crippen LogP contribution in [0, 0.1) is 0 Å². The van der Waals surface area contributed by atoms with E-state index < -0.39 is 0 Å². The lowest BCUT2D eigenvalue weighted by Crippen LogP contribution is -1.99. The van der Waals surface area contributed by atoms with Gasteiger partial charge in [-0.25, -0.2) is 0 Å². The van der Waals surface area contributed by atoms with E-state index in [-0.39, 0.29) is 6.10 Å². The van der Waals surface area contributed by atoms with Gasteiger partial charge in [0.25, 0.3) is 0 Å². The maximum atomic E-state index is 9.34. The molecule has 0 unspecified atom stereocenters. The Morgan fingerprint density at radius 3 is 2.83 bits per heavy atom. The zero-order valence-electron chi connectivity index (χ0n) is 7.43. The second-order valence-electron chi connectivity index (χ2n) is 3.61. The molecule has 66 valence electrons. The van der Waals surface area contributed by atoms with Gasteiger partial charge in [0.2, 0.25) is 0 Å². The third kappa shape index (κ3) is 1.27. The molecule has 0 aromatic carbocycles. The molecule has 0 spiro atoms. The number of aromatic amines is 1. The Hall–Kier alpha value is -0.760. The van der Waals surface area contributed by atoms with Gasteiger partial charge >= 0.3 is 0 Å². The maximum Gasteiger partial charge on any atom is 0.0909 e. The fourth-order valence-electron chi connectivity index (χ4n) is 1.85. The summed E-state index contributed by atoms with van der Waals surface area (Å²) in [5.74, 6) is 0. The monoisotopic (exact) mass is 165 g/mol. The Kier molecular flexibility index (Phi) is 1.93. The predicted molar refractivity (Wildman–Crippen MR) is 48.1 cm³/mol. The molecule has 0 bridgehead atoms. The highest BCUT2D eigenvalue weighted by Gasteiger charge is 2.13. The van der Waals surface area contributed by atoms with E-state index in [0.717, 1.165) is 12.1 Å². The van der Waals surface area contributed by atoms with Crippen molar-refractivity contribution in [3.63, 3.8) is 0 Å². The lowest BCUT2D eigenvalue weighted by molar-refractivity contribution is 0.195. The SMILES string of the molecule is C[C@H](O)c1cc2c([nH]1)CCCC2. The molecule has 1 aliphatic carbocycles. The fourth-order valence-corrected chi connectivity index (χ4v) is 1.85. The number of aliphatic hydroxyl groups excluding tert-OH is 1. The standard InChI is InChI=1S/C10H15NO/c1-7(12)10-6-8-4-2-3-5-9(8)11-10/h6-7,11-12H,2-5H2,1H3/t7-/m0/s1. The summed E-state index contributed by atoms with van der Waals surface area (Å²) < 4.78 is 0. The first kappa shape index (κ1) is 7.87. The van der Waals surface area contributed by atoms with Crippen LogP contribution in [0.3, 0.4) is 0 Å². The molecule has 1 atom stereocenters. The normalized spacial score (nSPS) is 18.8. The Morgan fingerprint density at radius 2 is 2.17 bits per heavy atom. The molecule has 0 aliphatic heterocycles. The number of aliphatic hydroxyl groups is 1. The Bertz CT molecular complexity index is 252. The summed E-state index contributed by atoms with van der Waals surface area (Å²) in [6.07, 6.45) is 4.56. The van der Waals surface area contributed by atoms with Crippen LogP contribution >= 0.6 is 0 Å². The van der Waals surface area contributed by atoms with Crippen LogP contribution in [0.1, 0.15) is 42.8 Å². The number of hydrogen-bond donors (Lipinski definition) is 2. The predicted octanol–water partition coefficient (Wildman–Crippen LogP) is 1.95. The molecule has 2 heteroatoms. The Balaban J connectivity index is 2.32. The van der Waals surface area contributed by atoms with Crippen molar-refractivity contribution in [2.24, 2.45) is 0 Å². The van der Waals surface area contributed by atoms with E-state index in [0.29, 0.717) is 0 Å². The van der Waals surface area contributed by atoms with Crippen molar-refractivity contribution in [2.45, 2.75) is 38.7 Å². The highest BCUT2D eigenvalue weighted by Crippen LogP contribution is 2.24. The Morgan fingerprint density at radius 1 is 1.42 bits per heavy atom. The summed E-state index contributed by atoms with van der Waals surface area (Å²) in [7, 11) is 0. The van der Waals surface area contributed by atoms with Gasteiger partial charge in [0.1, 0.15) is 0 Å². The van der Waals surface area contributed by atoms with E-state index in [1.54, 1.807) is 6.92 Å². The molecule has 0 saturated carbocycles. The minimum atomic E-state index is -0.351. The highest BCUT2D eigenvalue weighted by molar-refractivity contribution is 5.28. The molecular weight excluding hydrogens is 150 g/mol. The van der Waals surface area contributed by atoms with Crippen LogP contribution in [0.2, 0.25) is 0 Å². The van der Waals surface area contributed by atoms with Crippen molar-refractivity contribution < 1.29 is 5.11 Å². The molecule has 0 radical (unpaired) electrons. The number of hydrogen-bond acceptors (Lipinski definition) is 1. The Labute approximate surface area is 72.6 Å². The van der Waals surface area contributed by atoms with Crippen LogP contribution in [-0.2, 0) is 12.8 Å². The molecule has 0 amide bonds. The molecule has 1 aliphatic rings. The van der Waals surface area contributed by atoms with Gasteiger partial charge in [0, 0.05) is 11.4 Å². The van der Waals surface area contributed by atoms with E-state index >= 15 is 0 Å². The minimum absolute atomic E-state index is 0.351. The van der Waals surface area contributed by atoms with Gasteiger partial charge in [-0.15, -0.1) is 0 Å². The smallest absolute Gasteiger partial charge is 0.0909 e. The van der Waals surface area contributed by atoms with Crippen molar-refractivity contribution in [3.05, 3.63) is 23.0 Å². The lowest BCUT2D eigenvalue weighted by atomic mass is 9.98. The van der Waals surface area contributed by atoms with Crippen LogP contribution in [0.4, 0.5) is 0 Å². The van der Waals surface area contributed by atoms with Gasteiger partial charge < -0.3 is 10.1 Å². The minimum Gasteiger partial charge on any atom is -0.387 e. The summed E-state index contributed by atoms with van der Waals surface area (Å²) >= 11 is 0. The molecule has 2 rings (SSSR count). The maximum absolute atomic E-state index is 9.34. The van der Waals surface area contributed by atoms with Crippen LogP contribution in [0.25, 0.3) is 0 Å². The van der Waals surface area contributed by atoms with E-state index in [2.05, 4.69) is 11.1 Å². The van der Waals surface area contributed by atoms with E-state index in [1.807, 2.05) is 0 Å². The molecule has 1 heterocycles. The molecule has 2 N–H and O–H groups in total. The van der Waals surface area contributed by atoms with Gasteiger partial charge in [-0.3, -0.25) is 0 Å². The average Bonchev–Trinajstić information content (AvgIpc) is 2.46. The molecule has 0 saturated heterocycles. The van der Waals surface area contributed by atoms with Gasteiger partial charge in [-0.2, -0.15) is 0 Å². The zero-order chi connectivity index (χ0) is 8.55. The molecule has 1 aromatic rings. The first-order chi connectivity index (χ1) is 5.77. The highest BCUT2D eigenvalue weighted by atomic mass is 16.3. The molecule has 0 fully saturated rings. The quantitative estimate of drug-likeness (QED) is 0.655. The first-order valence-electron chi connectivity index (χ1n) is 4.66. The summed E-state index contributed by atoms with van der Waals surface area (Å²) in [6, 6.07) is 2.11. The number of aryl methyl sites for hydroxylation is 2. The second kappa shape index (κ2) is 2.94. The topological polar surface area (TPSA) is 36.0 Å². The van der Waals surface area contributed by atoms with Crippen molar-refractivity contribution in [1.82, 2.24) is 4.98 Å². The molecule has 1 aromatic heterocycles. The van der Waals surface area contributed by atoms with E-state index in [1.165, 1.54) is 30.5 Å². The first-order valence-corrected chi connectivity index (χ1v) is 4.66. The van der Waals surface area contributed by atoms with E-state index in [4.69, 9.17) is 0 Å². The summed E-state index contributed by atoms with van der Waals surface area (Å²) in [5.41, 5.74) is 3.73. The van der Waals surface area contributed by atoms with Crippen LogP contribution < -0.4 is 0 Å². The van der Waals surface area contributed by atoms with Crippen molar-refractivity contribution in [1.29, 1.82) is 0 Å². The van der Waals surface area contributed by atoms with Crippen LogP contribution in [0.5, 0.6) is 0 Å². The molecular formula is C10H15NO. The second-order valence-corrected chi connectivity index (χ2v) is 3.61. The third-order valence-electron chi connectivity index (χ3n) is 2.59. The summed E-state index contributed by atoms with van der Waals surface area (Å²) in [6.45, 7) is 1.80. The van der Waals surface area contributed by atoms with Gasteiger partial charge in [0.05, 0.1) is 6.10 Å². The van der Waals surface area contributed by atoms with Crippen molar-refractivity contribution in [3.8, 4) is 0 Å². The number of aromatic nitrogens is 1. The average molecular weight is 165 g/mol. The number of H-pyrrole nitrogens is 1. The largest absolute Gasteiger partial charge is 0.387 e. The van der Waals surface area contributed by atoms with Crippen molar-refractivity contribution >= 4 is 0 Å². The number of nitrogens with one attached hydrogen (secondary N) is 1. The van der Waals surface area contributed by atoms with Crippen molar-refractivity contribution in [2.75, 3.05) is 0 Å². The fraction of sp³-hybridized carbons (Fsp3) is 0.600. The van der Waals surface area contributed by atoms with Gasteiger partial charge in [0.15, 0.2) is 0 Å². The van der Waals surface area contributed by atoms with Crippen LogP contribution in [-0.4, -0.2) is 10.1 Å². The number of fused-ring (bicyclic) bond motifs is 1. The van der Waals surface area contributed by atoms with Gasteiger partial charge in [-0.1, -0.05) is 0 Å². The third-order valence-corrected chi connectivity index (χ3v) is 2.59. The molecule has 12 heavy (non-hydrogen) atoms. The van der Waals surface area contributed by atoms with Crippen LogP contribution in [0.15, 0.2) is 6.07 Å². The summed E-state index contributed by atoms with van der Waals surface area (Å²) in [5, 5.41) is 9.34. The van der Waals surface area contributed by atoms with Gasteiger partial charge in [-0.05, 0) is 44.2 Å². The molecule has 2 nitrogen and oxygen atoms in total. The number of rotatable bonds is 1. The lowest BCUT2D eigenvalue weighted by Gasteiger charge is -2.09.